The number of rotatable bonds is 5. The first-order valence-corrected chi connectivity index (χ1v) is 6.46. The molecule has 0 amide bonds. The highest BCUT2D eigenvalue weighted by atomic mass is 35.5. The molecule has 2 aromatic carbocycles. The molecule has 0 radical (unpaired) electrons. The summed E-state index contributed by atoms with van der Waals surface area (Å²) < 4.78 is 5.76. The number of phenols is 1. The molecule has 4 heteroatoms. The average molecular weight is 278 g/mol. The maximum atomic E-state index is 9.40. The highest BCUT2D eigenvalue weighted by molar-refractivity contribution is 6.30. The van der Waals surface area contributed by atoms with Crippen LogP contribution in [0.3, 0.4) is 0 Å². The molecule has 0 atom stereocenters. The maximum Gasteiger partial charge on any atom is 0.123 e. The van der Waals surface area contributed by atoms with Crippen LogP contribution in [0.1, 0.15) is 11.1 Å². The highest BCUT2D eigenvalue weighted by Gasteiger charge is 2.05. The van der Waals surface area contributed by atoms with Gasteiger partial charge in [-0.2, -0.15) is 0 Å². The van der Waals surface area contributed by atoms with Crippen LogP contribution in [-0.4, -0.2) is 11.7 Å². The van der Waals surface area contributed by atoms with E-state index in [-0.39, 0.29) is 5.75 Å². The first-order chi connectivity index (χ1) is 9.19. The molecule has 100 valence electrons. The average Bonchev–Trinajstić information content (AvgIpc) is 2.38. The molecule has 0 saturated carbocycles. The third-order valence-electron chi connectivity index (χ3n) is 2.74. The minimum absolute atomic E-state index is 0.236. The van der Waals surface area contributed by atoms with Gasteiger partial charge < -0.3 is 15.6 Å². The maximum absolute atomic E-state index is 9.40. The van der Waals surface area contributed by atoms with E-state index in [0.29, 0.717) is 18.2 Å². The first-order valence-electron chi connectivity index (χ1n) is 6.08. The molecule has 0 saturated heterocycles. The van der Waals surface area contributed by atoms with E-state index < -0.39 is 0 Å². The molecule has 3 N–H and O–H groups in total. The number of phenolic OH excluding ortho intramolecular Hbond substituents is 1. The van der Waals surface area contributed by atoms with Gasteiger partial charge in [0.1, 0.15) is 18.1 Å². The molecule has 0 aliphatic rings. The summed E-state index contributed by atoms with van der Waals surface area (Å²) in [7, 11) is 0. The fraction of sp³-hybridized carbons (Fsp3) is 0.200. The Morgan fingerprint density at radius 1 is 1.16 bits per heavy atom. The van der Waals surface area contributed by atoms with Gasteiger partial charge in [0.05, 0.1) is 0 Å². The van der Waals surface area contributed by atoms with Gasteiger partial charge in [0.25, 0.3) is 0 Å². The second-order valence-corrected chi connectivity index (χ2v) is 4.69. The van der Waals surface area contributed by atoms with Crippen molar-refractivity contribution in [2.24, 2.45) is 5.73 Å². The van der Waals surface area contributed by atoms with Gasteiger partial charge in [-0.05, 0) is 54.4 Å². The van der Waals surface area contributed by atoms with Gasteiger partial charge in [-0.25, -0.2) is 0 Å². The number of hydrogen-bond acceptors (Lipinski definition) is 3. The Morgan fingerprint density at radius 3 is 2.74 bits per heavy atom. The van der Waals surface area contributed by atoms with Crippen molar-refractivity contribution in [1.29, 1.82) is 0 Å². The van der Waals surface area contributed by atoms with E-state index in [2.05, 4.69) is 0 Å². The smallest absolute Gasteiger partial charge is 0.123 e. The largest absolute Gasteiger partial charge is 0.508 e. The van der Waals surface area contributed by atoms with Gasteiger partial charge in [0, 0.05) is 5.02 Å². The summed E-state index contributed by atoms with van der Waals surface area (Å²) in [6.45, 7) is 0.941. The van der Waals surface area contributed by atoms with Crippen LogP contribution in [0.4, 0.5) is 0 Å². The first kappa shape index (κ1) is 13.7. The Balaban J connectivity index is 2.10. The van der Waals surface area contributed by atoms with Crippen molar-refractivity contribution >= 4 is 11.6 Å². The van der Waals surface area contributed by atoms with Crippen molar-refractivity contribution in [2.45, 2.75) is 13.0 Å². The van der Waals surface area contributed by atoms with Crippen LogP contribution in [-0.2, 0) is 13.0 Å². The fourth-order valence-corrected chi connectivity index (χ4v) is 2.04. The molecule has 19 heavy (non-hydrogen) atoms. The van der Waals surface area contributed by atoms with Crippen LogP contribution < -0.4 is 10.5 Å². The van der Waals surface area contributed by atoms with Gasteiger partial charge in [-0.1, -0.05) is 23.7 Å². The molecule has 2 aromatic rings. The van der Waals surface area contributed by atoms with Crippen molar-refractivity contribution in [1.82, 2.24) is 0 Å². The van der Waals surface area contributed by atoms with Gasteiger partial charge in [-0.15, -0.1) is 0 Å². The third kappa shape index (κ3) is 3.88. The van der Waals surface area contributed by atoms with Crippen molar-refractivity contribution in [3.63, 3.8) is 0 Å². The lowest BCUT2D eigenvalue weighted by molar-refractivity contribution is 0.302. The Kier molecular flexibility index (Phi) is 4.66. The Bertz CT molecular complexity index is 558. The fourth-order valence-electron chi connectivity index (χ4n) is 1.85. The summed E-state index contributed by atoms with van der Waals surface area (Å²) in [4.78, 5) is 0. The Hall–Kier alpha value is -1.71. The third-order valence-corrected chi connectivity index (χ3v) is 2.98. The molecule has 0 unspecified atom stereocenters. The molecule has 0 bridgehead atoms. The summed E-state index contributed by atoms with van der Waals surface area (Å²) in [5, 5.41) is 10.1. The number of benzene rings is 2. The van der Waals surface area contributed by atoms with Crippen molar-refractivity contribution in [3.8, 4) is 11.5 Å². The van der Waals surface area contributed by atoms with E-state index in [1.165, 1.54) is 0 Å². The quantitative estimate of drug-likeness (QED) is 0.883. The predicted molar refractivity (Wildman–Crippen MR) is 76.6 cm³/mol. The van der Waals surface area contributed by atoms with E-state index in [0.717, 1.165) is 23.3 Å². The summed E-state index contributed by atoms with van der Waals surface area (Å²) in [6, 6.07) is 12.5. The van der Waals surface area contributed by atoms with Gasteiger partial charge in [0.2, 0.25) is 0 Å². The number of ether oxygens (including phenoxy) is 1. The monoisotopic (exact) mass is 277 g/mol. The number of halogens is 1. The minimum atomic E-state index is 0.236. The number of nitrogens with two attached hydrogens (primary N) is 1. The van der Waals surface area contributed by atoms with Crippen LogP contribution in [0.15, 0.2) is 42.5 Å². The second-order valence-electron chi connectivity index (χ2n) is 4.25. The highest BCUT2D eigenvalue weighted by Crippen LogP contribution is 2.24. The summed E-state index contributed by atoms with van der Waals surface area (Å²) in [5.41, 5.74) is 7.48. The van der Waals surface area contributed by atoms with Crippen molar-refractivity contribution in [3.05, 3.63) is 58.6 Å². The normalized spacial score (nSPS) is 10.4. The Labute approximate surface area is 117 Å². The van der Waals surface area contributed by atoms with Gasteiger partial charge in [-0.3, -0.25) is 0 Å². The van der Waals surface area contributed by atoms with Gasteiger partial charge in [0.15, 0.2) is 0 Å². The molecule has 0 spiro atoms. The molecular weight excluding hydrogens is 262 g/mol. The number of hydrogen-bond donors (Lipinski definition) is 2. The van der Waals surface area contributed by atoms with E-state index >= 15 is 0 Å². The molecule has 3 nitrogen and oxygen atoms in total. The Morgan fingerprint density at radius 2 is 2.00 bits per heavy atom. The lowest BCUT2D eigenvalue weighted by Gasteiger charge is -2.11. The van der Waals surface area contributed by atoms with Crippen LogP contribution >= 0.6 is 11.6 Å². The zero-order valence-electron chi connectivity index (χ0n) is 10.5. The van der Waals surface area contributed by atoms with Crippen LogP contribution in [0.25, 0.3) is 0 Å². The van der Waals surface area contributed by atoms with Crippen molar-refractivity contribution < 1.29 is 9.84 Å². The van der Waals surface area contributed by atoms with E-state index in [9.17, 15) is 5.11 Å². The van der Waals surface area contributed by atoms with Crippen molar-refractivity contribution in [2.75, 3.05) is 6.54 Å². The molecule has 0 aliphatic heterocycles. The summed E-state index contributed by atoms with van der Waals surface area (Å²) in [5.74, 6) is 1.01. The molecule has 2 rings (SSSR count). The zero-order chi connectivity index (χ0) is 13.7. The second kappa shape index (κ2) is 6.45. The molecular formula is C15H16ClNO2. The lowest BCUT2D eigenvalue weighted by atomic mass is 10.1. The molecule has 0 aromatic heterocycles. The topological polar surface area (TPSA) is 55.5 Å². The standard InChI is InChI=1S/C15H16ClNO2/c16-13-4-5-15(12(9-13)6-7-17)19-10-11-2-1-3-14(18)8-11/h1-5,8-9,18H,6-7,10,17H2. The van der Waals surface area contributed by atoms with E-state index in [1.54, 1.807) is 24.3 Å². The van der Waals surface area contributed by atoms with E-state index in [1.807, 2.05) is 18.2 Å². The summed E-state index contributed by atoms with van der Waals surface area (Å²) in [6.07, 6.45) is 0.718. The van der Waals surface area contributed by atoms with Gasteiger partial charge >= 0.3 is 0 Å². The zero-order valence-corrected chi connectivity index (χ0v) is 11.2. The summed E-state index contributed by atoms with van der Waals surface area (Å²) >= 11 is 5.96. The van der Waals surface area contributed by atoms with Crippen LogP contribution in [0, 0.1) is 0 Å². The van der Waals surface area contributed by atoms with Crippen LogP contribution in [0.2, 0.25) is 5.02 Å². The minimum Gasteiger partial charge on any atom is -0.508 e. The van der Waals surface area contributed by atoms with Crippen LogP contribution in [0.5, 0.6) is 11.5 Å². The SMILES string of the molecule is NCCc1cc(Cl)ccc1OCc1cccc(O)c1. The molecule has 0 fully saturated rings. The molecule has 0 aliphatic carbocycles. The van der Waals surface area contributed by atoms with E-state index in [4.69, 9.17) is 22.1 Å². The lowest BCUT2D eigenvalue weighted by Crippen LogP contribution is -2.05. The molecule has 0 heterocycles. The number of aromatic hydroxyl groups is 1. The predicted octanol–water partition coefficient (Wildman–Crippen LogP) is 3.13.